The van der Waals surface area contributed by atoms with Gasteiger partial charge in [-0.25, -0.2) is 9.97 Å². The maximum atomic E-state index is 12.2. The molecule has 2 unspecified atom stereocenters. The van der Waals surface area contributed by atoms with Crippen LogP contribution in [0.2, 0.25) is 0 Å². The molecule has 6 heteroatoms. The Bertz CT molecular complexity index is 688. The van der Waals surface area contributed by atoms with Crippen molar-refractivity contribution in [1.29, 1.82) is 0 Å². The van der Waals surface area contributed by atoms with E-state index in [0.29, 0.717) is 24.8 Å². The molecule has 0 aromatic carbocycles. The maximum Gasteiger partial charge on any atom is 0.220 e. The first-order valence-corrected chi connectivity index (χ1v) is 9.06. The molecule has 2 atom stereocenters. The van der Waals surface area contributed by atoms with Gasteiger partial charge in [-0.05, 0) is 56.3 Å². The molecule has 0 radical (unpaired) electrons. The zero-order valence-electron chi connectivity index (χ0n) is 15.0. The summed E-state index contributed by atoms with van der Waals surface area (Å²) in [6.45, 7) is 6.79. The number of aromatic nitrogens is 3. The Balaban J connectivity index is 1.48. The van der Waals surface area contributed by atoms with Crippen LogP contribution in [0.15, 0.2) is 30.7 Å². The molecule has 1 saturated heterocycles. The molecule has 25 heavy (non-hydrogen) atoms. The van der Waals surface area contributed by atoms with E-state index in [-0.39, 0.29) is 5.91 Å². The summed E-state index contributed by atoms with van der Waals surface area (Å²) in [5, 5.41) is 6.44. The molecule has 0 saturated carbocycles. The van der Waals surface area contributed by atoms with Crippen molar-refractivity contribution in [2.45, 2.75) is 39.7 Å². The second-order valence-electron chi connectivity index (χ2n) is 6.93. The van der Waals surface area contributed by atoms with Gasteiger partial charge in [0.1, 0.15) is 11.6 Å². The third kappa shape index (κ3) is 4.66. The lowest BCUT2D eigenvalue weighted by Gasteiger charge is -2.28. The third-order valence-corrected chi connectivity index (χ3v) is 5.02. The van der Waals surface area contributed by atoms with Crippen LogP contribution in [0, 0.1) is 18.8 Å². The molecule has 3 heterocycles. The average Bonchev–Trinajstić information content (AvgIpc) is 3.07. The number of nitrogens with zero attached hydrogens (tertiary/aromatic N) is 3. The highest BCUT2D eigenvalue weighted by Crippen LogP contribution is 2.22. The van der Waals surface area contributed by atoms with Gasteiger partial charge in [-0.2, -0.15) is 0 Å². The van der Waals surface area contributed by atoms with Crippen molar-refractivity contribution in [3.63, 3.8) is 0 Å². The van der Waals surface area contributed by atoms with Gasteiger partial charge in [-0.1, -0.05) is 13.0 Å². The molecule has 134 valence electrons. The SMILES string of the molecule is Cc1nccn1-c1ccc(CNC(=O)CC(C)C2CCCNC2)cn1. The van der Waals surface area contributed by atoms with Gasteiger partial charge < -0.3 is 10.6 Å². The quantitative estimate of drug-likeness (QED) is 0.845. The lowest BCUT2D eigenvalue weighted by atomic mass is 9.85. The lowest BCUT2D eigenvalue weighted by molar-refractivity contribution is -0.122. The van der Waals surface area contributed by atoms with Crippen LogP contribution in [-0.2, 0) is 11.3 Å². The standard InChI is InChI=1S/C19H27N5O/c1-14(17-4-3-7-20-13-17)10-19(25)23-12-16-5-6-18(22-11-16)24-9-8-21-15(24)2/h5-6,8-9,11,14,17,20H,3-4,7,10,12-13H2,1-2H3,(H,23,25). The number of carbonyl (C=O) groups is 1. The first kappa shape index (κ1) is 17.6. The molecule has 0 spiro atoms. The van der Waals surface area contributed by atoms with Crippen LogP contribution >= 0.6 is 0 Å². The van der Waals surface area contributed by atoms with Crippen LogP contribution in [0.25, 0.3) is 5.82 Å². The first-order valence-electron chi connectivity index (χ1n) is 9.06. The summed E-state index contributed by atoms with van der Waals surface area (Å²) in [6.07, 6.45) is 8.48. The molecular formula is C19H27N5O. The molecule has 6 nitrogen and oxygen atoms in total. The minimum absolute atomic E-state index is 0.118. The Morgan fingerprint density at radius 1 is 1.44 bits per heavy atom. The van der Waals surface area contributed by atoms with Crippen LogP contribution < -0.4 is 10.6 Å². The topological polar surface area (TPSA) is 71.8 Å². The Morgan fingerprint density at radius 3 is 2.96 bits per heavy atom. The van der Waals surface area contributed by atoms with Crippen molar-refractivity contribution in [2.75, 3.05) is 13.1 Å². The number of piperidine rings is 1. The van der Waals surface area contributed by atoms with Crippen LogP contribution in [0.5, 0.6) is 0 Å². The van der Waals surface area contributed by atoms with Gasteiger partial charge in [0.15, 0.2) is 0 Å². The summed E-state index contributed by atoms with van der Waals surface area (Å²) >= 11 is 0. The number of imidazole rings is 1. The van der Waals surface area contributed by atoms with E-state index in [2.05, 4.69) is 27.5 Å². The largest absolute Gasteiger partial charge is 0.352 e. The summed E-state index contributed by atoms with van der Waals surface area (Å²) in [5.74, 6) is 2.88. The van der Waals surface area contributed by atoms with Gasteiger partial charge in [0.25, 0.3) is 0 Å². The molecule has 2 aromatic heterocycles. The smallest absolute Gasteiger partial charge is 0.220 e. The van der Waals surface area contributed by atoms with E-state index in [1.54, 1.807) is 6.20 Å². The van der Waals surface area contributed by atoms with E-state index in [4.69, 9.17) is 0 Å². The summed E-state index contributed by atoms with van der Waals surface area (Å²) in [5.41, 5.74) is 1.00. The monoisotopic (exact) mass is 341 g/mol. The zero-order valence-corrected chi connectivity index (χ0v) is 15.0. The van der Waals surface area contributed by atoms with E-state index in [9.17, 15) is 4.79 Å². The number of rotatable bonds is 6. The van der Waals surface area contributed by atoms with E-state index < -0.39 is 0 Å². The number of hydrogen-bond donors (Lipinski definition) is 2. The fourth-order valence-electron chi connectivity index (χ4n) is 3.38. The minimum Gasteiger partial charge on any atom is -0.352 e. The van der Waals surface area contributed by atoms with Crippen molar-refractivity contribution < 1.29 is 4.79 Å². The molecule has 2 aromatic rings. The Kier molecular flexibility index (Phi) is 5.81. The normalized spacial score (nSPS) is 18.7. The summed E-state index contributed by atoms with van der Waals surface area (Å²) in [4.78, 5) is 20.9. The summed E-state index contributed by atoms with van der Waals surface area (Å²) in [7, 11) is 0. The first-order chi connectivity index (χ1) is 12.1. The summed E-state index contributed by atoms with van der Waals surface area (Å²) < 4.78 is 1.93. The highest BCUT2D eigenvalue weighted by atomic mass is 16.1. The van der Waals surface area contributed by atoms with E-state index in [1.165, 1.54) is 12.8 Å². The van der Waals surface area contributed by atoms with Crippen molar-refractivity contribution in [3.8, 4) is 5.82 Å². The predicted octanol–water partition coefficient (Wildman–Crippen LogP) is 2.22. The molecule has 3 rings (SSSR count). The third-order valence-electron chi connectivity index (χ3n) is 5.02. The van der Waals surface area contributed by atoms with Crippen LogP contribution in [-0.4, -0.2) is 33.5 Å². The molecular weight excluding hydrogens is 314 g/mol. The van der Waals surface area contributed by atoms with Crippen molar-refractivity contribution in [1.82, 2.24) is 25.2 Å². The number of pyridine rings is 1. The molecule has 1 aliphatic rings. The Labute approximate surface area is 149 Å². The highest BCUT2D eigenvalue weighted by Gasteiger charge is 2.21. The second kappa shape index (κ2) is 8.25. The van der Waals surface area contributed by atoms with E-state index >= 15 is 0 Å². The van der Waals surface area contributed by atoms with Crippen molar-refractivity contribution in [2.24, 2.45) is 11.8 Å². The number of amides is 1. The van der Waals surface area contributed by atoms with E-state index in [1.807, 2.05) is 36.0 Å². The molecule has 1 aliphatic heterocycles. The Hall–Kier alpha value is -2.21. The van der Waals surface area contributed by atoms with E-state index in [0.717, 1.165) is 30.3 Å². The zero-order chi connectivity index (χ0) is 17.6. The number of carbonyl (C=O) groups excluding carboxylic acids is 1. The van der Waals surface area contributed by atoms with Gasteiger partial charge in [-0.3, -0.25) is 9.36 Å². The van der Waals surface area contributed by atoms with Crippen molar-refractivity contribution >= 4 is 5.91 Å². The Morgan fingerprint density at radius 2 is 2.32 bits per heavy atom. The van der Waals surface area contributed by atoms with Crippen LogP contribution in [0.4, 0.5) is 0 Å². The molecule has 2 N–H and O–H groups in total. The molecule has 0 aliphatic carbocycles. The fraction of sp³-hybridized carbons (Fsp3) is 0.526. The average molecular weight is 341 g/mol. The molecule has 1 amide bonds. The molecule has 0 bridgehead atoms. The van der Waals surface area contributed by atoms with Gasteiger partial charge in [0.05, 0.1) is 0 Å². The van der Waals surface area contributed by atoms with Gasteiger partial charge >= 0.3 is 0 Å². The number of aryl methyl sites for hydroxylation is 1. The fourth-order valence-corrected chi connectivity index (χ4v) is 3.38. The number of nitrogens with one attached hydrogen (secondary N) is 2. The highest BCUT2D eigenvalue weighted by molar-refractivity contribution is 5.76. The summed E-state index contributed by atoms with van der Waals surface area (Å²) in [6, 6.07) is 3.95. The lowest BCUT2D eigenvalue weighted by Crippen LogP contribution is -2.35. The second-order valence-corrected chi connectivity index (χ2v) is 6.93. The van der Waals surface area contributed by atoms with Gasteiger partial charge in [0.2, 0.25) is 5.91 Å². The van der Waals surface area contributed by atoms with Gasteiger partial charge in [0, 0.05) is 31.6 Å². The number of hydrogen-bond acceptors (Lipinski definition) is 4. The van der Waals surface area contributed by atoms with Gasteiger partial charge in [-0.15, -0.1) is 0 Å². The predicted molar refractivity (Wildman–Crippen MR) is 97.3 cm³/mol. The minimum atomic E-state index is 0.118. The molecule has 1 fully saturated rings. The van der Waals surface area contributed by atoms with Crippen molar-refractivity contribution in [3.05, 3.63) is 42.1 Å². The van der Waals surface area contributed by atoms with Crippen LogP contribution in [0.1, 0.15) is 37.6 Å². The maximum absolute atomic E-state index is 12.2. The van der Waals surface area contributed by atoms with Crippen LogP contribution in [0.3, 0.4) is 0 Å².